The molecule has 0 unspecified atom stereocenters. The number of hydrogen-bond acceptors (Lipinski definition) is 3. The maximum Gasteiger partial charge on any atom is 0.226 e. The van der Waals surface area contributed by atoms with E-state index in [9.17, 15) is 4.79 Å². The molecule has 20 heavy (non-hydrogen) atoms. The van der Waals surface area contributed by atoms with Gasteiger partial charge in [-0.2, -0.15) is 0 Å². The molecule has 1 amide bonds. The first kappa shape index (κ1) is 12.4. The molecule has 3 fully saturated rings. The minimum Gasteiger partial charge on any atom is -0.347 e. The number of carbonyl (C=O) groups is 1. The minimum atomic E-state index is 0.209. The molecule has 3 aliphatic rings. The molecule has 2 heterocycles. The molecule has 5 nitrogen and oxygen atoms in total. The normalized spacial score (nSPS) is 34.2. The van der Waals surface area contributed by atoms with Gasteiger partial charge in [0.1, 0.15) is 5.82 Å². The summed E-state index contributed by atoms with van der Waals surface area (Å²) in [6, 6.07) is 0.209. The van der Waals surface area contributed by atoms with Crippen LogP contribution >= 0.6 is 0 Å². The fourth-order valence-electron chi connectivity index (χ4n) is 3.61. The number of H-pyrrole nitrogens is 1. The van der Waals surface area contributed by atoms with Gasteiger partial charge in [-0.3, -0.25) is 9.69 Å². The van der Waals surface area contributed by atoms with Gasteiger partial charge >= 0.3 is 0 Å². The van der Waals surface area contributed by atoms with Crippen LogP contribution in [-0.2, 0) is 4.79 Å². The molecule has 1 saturated heterocycles. The van der Waals surface area contributed by atoms with Crippen molar-refractivity contribution in [2.75, 3.05) is 26.7 Å². The van der Waals surface area contributed by atoms with E-state index in [1.807, 2.05) is 6.20 Å². The molecule has 2 aliphatic carbocycles. The van der Waals surface area contributed by atoms with Crippen molar-refractivity contribution in [2.45, 2.75) is 25.3 Å². The first-order valence-electron chi connectivity index (χ1n) is 7.72. The predicted molar refractivity (Wildman–Crippen MR) is 74.9 cm³/mol. The van der Waals surface area contributed by atoms with E-state index in [4.69, 9.17) is 0 Å². The van der Waals surface area contributed by atoms with Crippen LogP contribution in [0.1, 0.15) is 31.1 Å². The monoisotopic (exact) mass is 274 g/mol. The van der Waals surface area contributed by atoms with Gasteiger partial charge in [0.2, 0.25) is 5.91 Å². The SMILES string of the molecule is CN1CCN(C(=O)[C@@H]2C[C@@H]2C2CC2)C[C@H]1c1ncc[nH]1. The van der Waals surface area contributed by atoms with Crippen LogP contribution in [0.4, 0.5) is 0 Å². The van der Waals surface area contributed by atoms with Crippen molar-refractivity contribution in [3.63, 3.8) is 0 Å². The summed E-state index contributed by atoms with van der Waals surface area (Å²) in [5, 5.41) is 0. The summed E-state index contributed by atoms with van der Waals surface area (Å²) in [5.41, 5.74) is 0. The summed E-state index contributed by atoms with van der Waals surface area (Å²) in [7, 11) is 2.11. The molecule has 1 N–H and O–H groups in total. The van der Waals surface area contributed by atoms with Crippen LogP contribution in [-0.4, -0.2) is 52.4 Å². The molecule has 4 rings (SSSR count). The van der Waals surface area contributed by atoms with E-state index in [-0.39, 0.29) is 6.04 Å². The second-order valence-electron chi connectivity index (χ2n) is 6.60. The summed E-state index contributed by atoms with van der Waals surface area (Å²) in [4.78, 5) is 24.5. The maximum atomic E-state index is 12.6. The number of nitrogens with zero attached hydrogens (tertiary/aromatic N) is 3. The maximum absolute atomic E-state index is 12.6. The molecular formula is C15H22N4O. The van der Waals surface area contributed by atoms with Gasteiger partial charge in [0.15, 0.2) is 0 Å². The molecule has 108 valence electrons. The smallest absolute Gasteiger partial charge is 0.226 e. The Balaban J connectivity index is 1.43. The average Bonchev–Trinajstić information content (AvgIpc) is 3.35. The Labute approximate surface area is 119 Å². The number of rotatable bonds is 3. The molecule has 5 heteroatoms. The Bertz CT molecular complexity index is 496. The number of piperazine rings is 1. The molecule has 0 radical (unpaired) electrons. The Morgan fingerprint density at radius 2 is 2.25 bits per heavy atom. The van der Waals surface area contributed by atoms with Gasteiger partial charge in [-0.15, -0.1) is 0 Å². The molecule has 0 spiro atoms. The number of carbonyl (C=O) groups excluding carboxylic acids is 1. The number of amides is 1. The van der Waals surface area contributed by atoms with E-state index >= 15 is 0 Å². The summed E-state index contributed by atoms with van der Waals surface area (Å²) < 4.78 is 0. The van der Waals surface area contributed by atoms with Crippen molar-refractivity contribution >= 4 is 5.91 Å². The van der Waals surface area contributed by atoms with E-state index in [1.54, 1.807) is 6.20 Å². The van der Waals surface area contributed by atoms with Gasteiger partial charge in [0.25, 0.3) is 0 Å². The average molecular weight is 274 g/mol. The summed E-state index contributed by atoms with van der Waals surface area (Å²) in [6.07, 6.45) is 7.49. The van der Waals surface area contributed by atoms with E-state index in [2.05, 4.69) is 26.8 Å². The number of aromatic nitrogens is 2. The van der Waals surface area contributed by atoms with E-state index in [1.165, 1.54) is 12.8 Å². The van der Waals surface area contributed by atoms with Crippen LogP contribution in [0.2, 0.25) is 0 Å². The lowest BCUT2D eigenvalue weighted by atomic mass is 10.1. The third-order valence-electron chi connectivity index (χ3n) is 5.18. The lowest BCUT2D eigenvalue weighted by molar-refractivity contribution is -0.135. The lowest BCUT2D eigenvalue weighted by Gasteiger charge is -2.38. The molecule has 1 aromatic rings. The molecule has 3 atom stereocenters. The Hall–Kier alpha value is -1.36. The van der Waals surface area contributed by atoms with Crippen molar-refractivity contribution in [2.24, 2.45) is 17.8 Å². The second-order valence-corrected chi connectivity index (χ2v) is 6.60. The molecule has 1 aliphatic heterocycles. The van der Waals surface area contributed by atoms with E-state index < -0.39 is 0 Å². The van der Waals surface area contributed by atoms with Crippen LogP contribution in [0.15, 0.2) is 12.4 Å². The zero-order valence-electron chi connectivity index (χ0n) is 12.0. The van der Waals surface area contributed by atoms with Crippen molar-refractivity contribution in [3.05, 3.63) is 18.2 Å². The topological polar surface area (TPSA) is 52.2 Å². The Morgan fingerprint density at radius 3 is 2.95 bits per heavy atom. The fraction of sp³-hybridized carbons (Fsp3) is 0.733. The van der Waals surface area contributed by atoms with Crippen LogP contribution in [0.3, 0.4) is 0 Å². The summed E-state index contributed by atoms with van der Waals surface area (Å²) in [6.45, 7) is 2.56. The highest BCUT2D eigenvalue weighted by molar-refractivity contribution is 5.82. The lowest BCUT2D eigenvalue weighted by Crippen LogP contribution is -2.49. The van der Waals surface area contributed by atoms with Gasteiger partial charge < -0.3 is 9.88 Å². The standard InChI is InChI=1S/C15H22N4O/c1-18-6-7-19(9-13(18)14-16-4-5-17-14)15(20)12-8-11(12)10-2-3-10/h4-5,10-13H,2-3,6-9H2,1H3,(H,16,17)/t11-,12-,13+/m1/s1. The number of likely N-dealkylation sites (N-methyl/N-ethyl adjacent to an activating group) is 1. The number of imidazole rings is 1. The van der Waals surface area contributed by atoms with Crippen LogP contribution in [0.5, 0.6) is 0 Å². The summed E-state index contributed by atoms with van der Waals surface area (Å²) in [5.74, 6) is 3.29. The van der Waals surface area contributed by atoms with Crippen molar-refractivity contribution < 1.29 is 4.79 Å². The third-order valence-corrected chi connectivity index (χ3v) is 5.18. The fourth-order valence-corrected chi connectivity index (χ4v) is 3.61. The number of nitrogens with one attached hydrogen (secondary N) is 1. The quantitative estimate of drug-likeness (QED) is 0.903. The van der Waals surface area contributed by atoms with Crippen molar-refractivity contribution in [3.8, 4) is 0 Å². The first-order valence-corrected chi connectivity index (χ1v) is 7.72. The zero-order chi connectivity index (χ0) is 13.7. The summed E-state index contributed by atoms with van der Waals surface area (Å²) >= 11 is 0. The Morgan fingerprint density at radius 1 is 1.40 bits per heavy atom. The van der Waals surface area contributed by atoms with Gasteiger partial charge in [-0.05, 0) is 38.1 Å². The van der Waals surface area contributed by atoms with Gasteiger partial charge in [-0.1, -0.05) is 0 Å². The minimum absolute atomic E-state index is 0.209. The molecular weight excluding hydrogens is 252 g/mol. The zero-order valence-corrected chi connectivity index (χ0v) is 12.0. The van der Waals surface area contributed by atoms with E-state index in [0.717, 1.165) is 37.8 Å². The second kappa shape index (κ2) is 4.58. The van der Waals surface area contributed by atoms with E-state index in [0.29, 0.717) is 17.7 Å². The van der Waals surface area contributed by atoms with Crippen molar-refractivity contribution in [1.29, 1.82) is 0 Å². The van der Waals surface area contributed by atoms with Crippen LogP contribution in [0.25, 0.3) is 0 Å². The highest BCUT2D eigenvalue weighted by atomic mass is 16.2. The molecule has 0 bridgehead atoms. The van der Waals surface area contributed by atoms with Gasteiger partial charge in [-0.25, -0.2) is 4.98 Å². The molecule has 1 aromatic heterocycles. The van der Waals surface area contributed by atoms with Crippen LogP contribution in [0, 0.1) is 17.8 Å². The highest BCUT2D eigenvalue weighted by Gasteiger charge is 2.52. The van der Waals surface area contributed by atoms with Gasteiger partial charge in [0.05, 0.1) is 6.04 Å². The Kier molecular flexibility index (Phi) is 2.84. The predicted octanol–water partition coefficient (Wildman–Crippen LogP) is 1.27. The van der Waals surface area contributed by atoms with Crippen LogP contribution < -0.4 is 0 Å². The van der Waals surface area contributed by atoms with Gasteiger partial charge in [0, 0.05) is 37.9 Å². The number of hydrogen-bond donors (Lipinski definition) is 1. The highest BCUT2D eigenvalue weighted by Crippen LogP contribution is 2.55. The molecule has 2 saturated carbocycles. The number of aromatic amines is 1. The third kappa shape index (κ3) is 2.14. The largest absolute Gasteiger partial charge is 0.347 e. The van der Waals surface area contributed by atoms with Crippen molar-refractivity contribution in [1.82, 2.24) is 19.8 Å². The molecule has 0 aromatic carbocycles. The first-order chi connectivity index (χ1) is 9.74.